The van der Waals surface area contributed by atoms with E-state index in [-0.39, 0.29) is 5.75 Å². The summed E-state index contributed by atoms with van der Waals surface area (Å²) < 4.78 is 11.0. The van der Waals surface area contributed by atoms with E-state index in [1.165, 1.54) is 7.11 Å². The van der Waals surface area contributed by atoms with Crippen LogP contribution in [0.4, 0.5) is 0 Å². The molecule has 0 amide bonds. The Labute approximate surface area is 117 Å². The van der Waals surface area contributed by atoms with Crippen LogP contribution in [-0.2, 0) is 4.74 Å². The van der Waals surface area contributed by atoms with E-state index in [0.717, 1.165) is 10.8 Å². The molecule has 2 rings (SSSR count). The summed E-state index contributed by atoms with van der Waals surface area (Å²) in [4.78, 5) is 27.8. The molecule has 21 heavy (non-hydrogen) atoms. The van der Waals surface area contributed by atoms with Gasteiger partial charge in [0, 0.05) is 4.91 Å². The Morgan fingerprint density at radius 2 is 2.33 bits per heavy atom. The monoisotopic (exact) mass is 299 g/mol. The molecule has 1 aliphatic rings. The molecule has 2 heterocycles. The maximum Gasteiger partial charge on any atom is 0.330 e. The molecule has 3 N–H and O–H groups in total. The van der Waals surface area contributed by atoms with Crippen molar-refractivity contribution in [2.45, 2.75) is 24.5 Å². The molecular formula is C10H13N5O6. The largest absolute Gasteiger partial charge is 0.490 e. The maximum atomic E-state index is 11.8. The first-order valence-electron chi connectivity index (χ1n) is 5.91. The highest BCUT2D eigenvalue weighted by atomic mass is 16.5. The summed E-state index contributed by atoms with van der Waals surface area (Å²) in [6.07, 6.45) is -2.49. The first-order chi connectivity index (χ1) is 10.0. The lowest BCUT2D eigenvalue weighted by Gasteiger charge is -2.17. The third kappa shape index (κ3) is 2.62. The van der Waals surface area contributed by atoms with E-state index in [1.807, 2.05) is 4.98 Å². The van der Waals surface area contributed by atoms with Gasteiger partial charge in [-0.1, -0.05) is 5.11 Å². The van der Waals surface area contributed by atoms with Gasteiger partial charge in [0.05, 0.1) is 32.1 Å². The summed E-state index contributed by atoms with van der Waals surface area (Å²) in [6.45, 7) is -0.507. The second-order valence-electron chi connectivity index (χ2n) is 4.30. The van der Waals surface area contributed by atoms with Crippen LogP contribution in [0, 0.1) is 0 Å². The minimum atomic E-state index is -1.37. The average Bonchev–Trinajstić information content (AvgIpc) is 2.77. The van der Waals surface area contributed by atoms with Gasteiger partial charge < -0.3 is 19.7 Å². The van der Waals surface area contributed by atoms with Gasteiger partial charge in [0.15, 0.2) is 6.23 Å². The summed E-state index contributed by atoms with van der Waals surface area (Å²) in [5, 5.41) is 22.6. The number of methoxy groups -OCH3 is 1. The summed E-state index contributed by atoms with van der Waals surface area (Å²) in [5.41, 5.74) is 6.91. The molecule has 11 heteroatoms. The summed E-state index contributed by atoms with van der Waals surface area (Å²) in [6, 6.07) is -1.06. The van der Waals surface area contributed by atoms with Crippen LogP contribution in [-0.4, -0.2) is 51.7 Å². The third-order valence-corrected chi connectivity index (χ3v) is 3.13. The Morgan fingerprint density at radius 1 is 1.62 bits per heavy atom. The quantitative estimate of drug-likeness (QED) is 0.347. The topological polar surface area (TPSA) is 163 Å². The van der Waals surface area contributed by atoms with E-state index in [4.69, 9.17) is 15.0 Å². The lowest BCUT2D eigenvalue weighted by molar-refractivity contribution is -0.0534. The number of nitrogens with one attached hydrogen (secondary N) is 1. The molecule has 1 aliphatic heterocycles. The van der Waals surface area contributed by atoms with Crippen molar-refractivity contribution in [1.82, 2.24) is 9.55 Å². The molecular weight excluding hydrogens is 286 g/mol. The van der Waals surface area contributed by atoms with E-state index >= 15 is 0 Å². The number of hydrogen-bond donors (Lipinski definition) is 3. The minimum absolute atomic E-state index is 0.154. The number of azide groups is 1. The van der Waals surface area contributed by atoms with Crippen molar-refractivity contribution >= 4 is 0 Å². The molecule has 0 unspecified atom stereocenters. The van der Waals surface area contributed by atoms with Gasteiger partial charge in [-0.05, 0) is 5.53 Å². The van der Waals surface area contributed by atoms with Crippen LogP contribution in [0.1, 0.15) is 6.23 Å². The first kappa shape index (κ1) is 15.1. The maximum absolute atomic E-state index is 11.8. The van der Waals surface area contributed by atoms with Gasteiger partial charge in [0.2, 0.25) is 5.75 Å². The van der Waals surface area contributed by atoms with Crippen molar-refractivity contribution < 1.29 is 19.7 Å². The van der Waals surface area contributed by atoms with Crippen LogP contribution in [0.15, 0.2) is 20.9 Å². The second kappa shape index (κ2) is 5.97. The first-order valence-corrected chi connectivity index (χ1v) is 5.91. The van der Waals surface area contributed by atoms with Crippen molar-refractivity contribution in [2.75, 3.05) is 13.7 Å². The minimum Gasteiger partial charge on any atom is -0.490 e. The van der Waals surface area contributed by atoms with Crippen molar-refractivity contribution in [1.29, 1.82) is 0 Å². The van der Waals surface area contributed by atoms with Gasteiger partial charge in [-0.15, -0.1) is 0 Å². The van der Waals surface area contributed by atoms with E-state index in [1.54, 1.807) is 0 Å². The van der Waals surface area contributed by atoms with E-state index in [0.29, 0.717) is 0 Å². The van der Waals surface area contributed by atoms with E-state index < -0.39 is 42.3 Å². The highest BCUT2D eigenvalue weighted by Gasteiger charge is 2.44. The van der Waals surface area contributed by atoms with Crippen LogP contribution >= 0.6 is 0 Å². The number of aliphatic hydroxyl groups is 2. The SMILES string of the molecule is COc1cn([C@@H]2O[C@H](CO)[C@@H](N=[N+]=[N-])[C@H]2O)c(=O)[nH]c1=O. The van der Waals surface area contributed by atoms with Gasteiger partial charge in [-0.2, -0.15) is 0 Å². The predicted molar refractivity (Wildman–Crippen MR) is 67.8 cm³/mol. The fraction of sp³-hybridized carbons (Fsp3) is 0.600. The van der Waals surface area contributed by atoms with E-state index in [2.05, 4.69) is 10.0 Å². The van der Waals surface area contributed by atoms with Crippen molar-refractivity contribution in [3.63, 3.8) is 0 Å². The van der Waals surface area contributed by atoms with Gasteiger partial charge >= 0.3 is 5.69 Å². The Kier molecular flexibility index (Phi) is 4.29. The van der Waals surface area contributed by atoms with Gasteiger partial charge in [-0.3, -0.25) is 14.3 Å². The number of aromatic amines is 1. The summed E-state index contributed by atoms with van der Waals surface area (Å²) in [5.74, 6) is -0.154. The van der Waals surface area contributed by atoms with E-state index in [9.17, 15) is 19.8 Å². The Hall–Kier alpha value is -2.33. The normalized spacial score (nSPS) is 28.1. The Balaban J connectivity index is 2.45. The molecule has 11 nitrogen and oxygen atoms in total. The number of H-pyrrole nitrogens is 1. The summed E-state index contributed by atoms with van der Waals surface area (Å²) in [7, 11) is 1.24. The standard InChI is InChI=1S/C10H13N5O6/c1-20-4-2-15(10(19)12-8(4)18)9-7(17)6(13-14-11)5(3-16)21-9/h2,5-7,9,16-17H,3H2,1H3,(H,12,18,19)/t5-,6-,7-,9-/m1/s1. The lowest BCUT2D eigenvalue weighted by atomic mass is 10.1. The zero-order valence-corrected chi connectivity index (χ0v) is 10.9. The second-order valence-corrected chi connectivity index (χ2v) is 4.30. The van der Waals surface area contributed by atoms with Crippen molar-refractivity contribution in [2.24, 2.45) is 5.11 Å². The fourth-order valence-corrected chi connectivity index (χ4v) is 2.11. The van der Waals surface area contributed by atoms with Crippen LogP contribution in [0.5, 0.6) is 5.75 Å². The summed E-state index contributed by atoms with van der Waals surface area (Å²) >= 11 is 0. The highest BCUT2D eigenvalue weighted by molar-refractivity contribution is 5.12. The number of hydrogen-bond acceptors (Lipinski definition) is 7. The molecule has 0 spiro atoms. The molecule has 0 saturated carbocycles. The molecule has 1 saturated heterocycles. The number of nitrogens with zero attached hydrogens (tertiary/aromatic N) is 4. The zero-order valence-electron chi connectivity index (χ0n) is 10.9. The molecule has 114 valence electrons. The Morgan fingerprint density at radius 3 is 2.90 bits per heavy atom. The zero-order chi connectivity index (χ0) is 15.6. The fourth-order valence-electron chi connectivity index (χ4n) is 2.11. The van der Waals surface area contributed by atoms with Crippen LogP contribution in [0.25, 0.3) is 10.4 Å². The number of ether oxygens (including phenoxy) is 2. The Bertz CT molecular complexity index is 677. The average molecular weight is 299 g/mol. The molecule has 0 aromatic carbocycles. The van der Waals surface area contributed by atoms with Crippen LogP contribution < -0.4 is 16.0 Å². The number of aromatic nitrogens is 2. The molecule has 1 fully saturated rings. The van der Waals surface area contributed by atoms with Crippen LogP contribution in [0.2, 0.25) is 0 Å². The lowest BCUT2D eigenvalue weighted by Crippen LogP contribution is -2.37. The molecule has 0 bridgehead atoms. The van der Waals surface area contributed by atoms with Crippen LogP contribution in [0.3, 0.4) is 0 Å². The molecule has 0 radical (unpaired) electrons. The predicted octanol–water partition coefficient (Wildman–Crippen LogP) is -1.53. The van der Waals surface area contributed by atoms with Gasteiger partial charge in [-0.25, -0.2) is 4.79 Å². The molecule has 1 aromatic heterocycles. The van der Waals surface area contributed by atoms with Crippen molar-refractivity contribution in [3.8, 4) is 5.75 Å². The smallest absolute Gasteiger partial charge is 0.330 e. The van der Waals surface area contributed by atoms with Gasteiger partial charge in [0.25, 0.3) is 5.56 Å². The van der Waals surface area contributed by atoms with Crippen molar-refractivity contribution in [3.05, 3.63) is 37.5 Å². The number of aliphatic hydroxyl groups excluding tert-OH is 2. The third-order valence-electron chi connectivity index (χ3n) is 3.13. The number of rotatable bonds is 4. The van der Waals surface area contributed by atoms with Gasteiger partial charge in [0.1, 0.15) is 6.10 Å². The molecule has 0 aliphatic carbocycles. The molecule has 1 aromatic rings. The highest BCUT2D eigenvalue weighted by Crippen LogP contribution is 2.30. The molecule has 4 atom stereocenters.